The van der Waals surface area contributed by atoms with E-state index in [1.807, 2.05) is 6.07 Å². The number of rotatable bonds is 6. The molecule has 0 saturated heterocycles. The molecule has 0 unspecified atom stereocenters. The lowest BCUT2D eigenvalue weighted by Gasteiger charge is -2.13. The highest BCUT2D eigenvalue weighted by molar-refractivity contribution is 6.33. The SMILES string of the molecule is C=Cc1ccc(Cc2nnc(-c3ccncc3Cl)o2)c(F)c1Oc1cc(Cl)cc(C#N)c1. The van der Waals surface area contributed by atoms with E-state index < -0.39 is 5.82 Å². The number of nitrogens with zero attached hydrogens (tertiary/aromatic N) is 4. The molecule has 0 saturated carbocycles. The summed E-state index contributed by atoms with van der Waals surface area (Å²) in [6.45, 7) is 3.70. The van der Waals surface area contributed by atoms with Gasteiger partial charge in [0.1, 0.15) is 5.75 Å². The zero-order valence-electron chi connectivity index (χ0n) is 16.3. The first-order chi connectivity index (χ1) is 15.5. The molecule has 0 fully saturated rings. The van der Waals surface area contributed by atoms with E-state index in [4.69, 9.17) is 37.6 Å². The normalized spacial score (nSPS) is 10.6. The topological polar surface area (TPSA) is 84.8 Å². The van der Waals surface area contributed by atoms with Crippen LogP contribution >= 0.6 is 23.2 Å². The molecule has 0 bridgehead atoms. The first-order valence-corrected chi connectivity index (χ1v) is 9.98. The third-order valence-electron chi connectivity index (χ3n) is 4.46. The first kappa shape index (κ1) is 21.5. The van der Waals surface area contributed by atoms with E-state index >= 15 is 4.39 Å². The predicted molar refractivity (Wildman–Crippen MR) is 118 cm³/mol. The van der Waals surface area contributed by atoms with Gasteiger partial charge < -0.3 is 9.15 Å². The van der Waals surface area contributed by atoms with Crippen molar-refractivity contribution in [2.24, 2.45) is 0 Å². The van der Waals surface area contributed by atoms with Gasteiger partial charge >= 0.3 is 0 Å². The Balaban J connectivity index is 1.66. The molecular weight excluding hydrogens is 454 g/mol. The Hall–Kier alpha value is -3.73. The highest BCUT2D eigenvalue weighted by atomic mass is 35.5. The van der Waals surface area contributed by atoms with Gasteiger partial charge in [0.25, 0.3) is 0 Å². The highest BCUT2D eigenvalue weighted by Crippen LogP contribution is 2.34. The lowest BCUT2D eigenvalue weighted by Crippen LogP contribution is -1.99. The Morgan fingerprint density at radius 3 is 2.78 bits per heavy atom. The fraction of sp³-hybridized carbons (Fsp3) is 0.0435. The van der Waals surface area contributed by atoms with Crippen LogP contribution in [0.15, 0.2) is 59.8 Å². The molecule has 4 aromatic rings. The van der Waals surface area contributed by atoms with Gasteiger partial charge in [-0.3, -0.25) is 4.98 Å². The Labute approximate surface area is 192 Å². The number of aromatic nitrogens is 3. The van der Waals surface area contributed by atoms with E-state index in [-0.39, 0.29) is 40.8 Å². The molecule has 0 atom stereocenters. The van der Waals surface area contributed by atoms with E-state index in [0.717, 1.165) is 0 Å². The van der Waals surface area contributed by atoms with Gasteiger partial charge in [0.15, 0.2) is 11.6 Å². The molecule has 9 heteroatoms. The van der Waals surface area contributed by atoms with Gasteiger partial charge in [-0.2, -0.15) is 5.26 Å². The van der Waals surface area contributed by atoms with E-state index in [9.17, 15) is 0 Å². The summed E-state index contributed by atoms with van der Waals surface area (Å²) in [5.41, 5.74) is 1.52. The monoisotopic (exact) mass is 466 g/mol. The molecule has 2 heterocycles. The van der Waals surface area contributed by atoms with Crippen LogP contribution in [0.25, 0.3) is 17.5 Å². The molecule has 0 aliphatic heterocycles. The van der Waals surface area contributed by atoms with Crippen molar-refractivity contribution >= 4 is 29.3 Å². The van der Waals surface area contributed by atoms with Gasteiger partial charge in [-0.25, -0.2) is 4.39 Å². The van der Waals surface area contributed by atoms with Crippen molar-refractivity contribution in [3.8, 4) is 29.0 Å². The summed E-state index contributed by atoms with van der Waals surface area (Å²) in [4.78, 5) is 3.91. The van der Waals surface area contributed by atoms with Crippen LogP contribution in [0.3, 0.4) is 0 Å². The maximum Gasteiger partial charge on any atom is 0.249 e. The number of hydrogen-bond donors (Lipinski definition) is 0. The standard InChI is InChI=1S/C23H13Cl2FN4O2/c1-2-14-3-4-15(9-20-29-30-23(32-20)18-5-6-28-12-19(18)25)21(26)22(14)31-17-8-13(11-27)7-16(24)10-17/h2-8,10,12H,1,9H2. The van der Waals surface area contributed by atoms with Crippen LogP contribution in [0.2, 0.25) is 10.0 Å². The van der Waals surface area contributed by atoms with Crippen molar-refractivity contribution in [1.29, 1.82) is 5.26 Å². The molecule has 4 rings (SSSR count). The fourth-order valence-corrected chi connectivity index (χ4v) is 3.39. The van der Waals surface area contributed by atoms with Gasteiger partial charge in [-0.1, -0.05) is 48.0 Å². The average molecular weight is 467 g/mol. The molecule has 2 aromatic carbocycles. The van der Waals surface area contributed by atoms with Crippen molar-refractivity contribution in [1.82, 2.24) is 15.2 Å². The molecule has 0 radical (unpaired) electrons. The van der Waals surface area contributed by atoms with Crippen LogP contribution in [0, 0.1) is 17.1 Å². The summed E-state index contributed by atoms with van der Waals surface area (Å²) in [7, 11) is 0. The molecule has 158 valence electrons. The number of halogens is 3. The summed E-state index contributed by atoms with van der Waals surface area (Å²) in [5.74, 6) is -0.0580. The van der Waals surface area contributed by atoms with E-state index in [2.05, 4.69) is 21.8 Å². The minimum atomic E-state index is -0.623. The zero-order valence-corrected chi connectivity index (χ0v) is 17.9. The van der Waals surface area contributed by atoms with E-state index in [1.54, 1.807) is 24.4 Å². The Kier molecular flexibility index (Phi) is 6.17. The highest BCUT2D eigenvalue weighted by Gasteiger charge is 2.18. The van der Waals surface area contributed by atoms with E-state index in [0.29, 0.717) is 21.2 Å². The third kappa shape index (κ3) is 4.47. The van der Waals surface area contributed by atoms with Crippen LogP contribution in [0.4, 0.5) is 4.39 Å². The second-order valence-corrected chi connectivity index (χ2v) is 7.43. The molecule has 0 spiro atoms. The molecule has 32 heavy (non-hydrogen) atoms. The lowest BCUT2D eigenvalue weighted by atomic mass is 10.1. The smallest absolute Gasteiger partial charge is 0.249 e. The summed E-state index contributed by atoms with van der Waals surface area (Å²) in [6, 6.07) is 11.3. The van der Waals surface area contributed by atoms with Crippen LogP contribution in [0.1, 0.15) is 22.6 Å². The van der Waals surface area contributed by atoms with Crippen LogP contribution in [0.5, 0.6) is 11.5 Å². The molecule has 0 N–H and O–H groups in total. The zero-order chi connectivity index (χ0) is 22.7. The van der Waals surface area contributed by atoms with Gasteiger partial charge in [0.2, 0.25) is 11.8 Å². The Morgan fingerprint density at radius 2 is 2.03 bits per heavy atom. The average Bonchev–Trinajstić information content (AvgIpc) is 3.25. The van der Waals surface area contributed by atoms with Gasteiger partial charge in [0.05, 0.1) is 28.6 Å². The number of ether oxygens (including phenoxy) is 1. The first-order valence-electron chi connectivity index (χ1n) is 9.23. The van der Waals surface area contributed by atoms with Gasteiger partial charge in [-0.05, 0) is 24.3 Å². The van der Waals surface area contributed by atoms with Crippen LogP contribution in [-0.4, -0.2) is 15.2 Å². The largest absolute Gasteiger partial charge is 0.454 e. The number of hydrogen-bond acceptors (Lipinski definition) is 6. The minimum Gasteiger partial charge on any atom is -0.454 e. The van der Waals surface area contributed by atoms with Gasteiger partial charge in [-0.15, -0.1) is 10.2 Å². The second kappa shape index (κ2) is 9.18. The minimum absolute atomic E-state index is 0.0221. The summed E-state index contributed by atoms with van der Waals surface area (Å²) in [6.07, 6.45) is 4.50. The number of benzene rings is 2. The maximum absolute atomic E-state index is 15.4. The second-order valence-electron chi connectivity index (χ2n) is 6.58. The summed E-state index contributed by atoms with van der Waals surface area (Å²) >= 11 is 12.1. The van der Waals surface area contributed by atoms with Crippen molar-refractivity contribution < 1.29 is 13.5 Å². The van der Waals surface area contributed by atoms with Crippen LogP contribution in [-0.2, 0) is 6.42 Å². The number of nitriles is 1. The predicted octanol–water partition coefficient (Wildman–Crippen LogP) is 6.48. The summed E-state index contributed by atoms with van der Waals surface area (Å²) < 4.78 is 26.8. The molecule has 0 aliphatic carbocycles. The molecule has 0 amide bonds. The fourth-order valence-electron chi connectivity index (χ4n) is 2.96. The lowest BCUT2D eigenvalue weighted by molar-refractivity contribution is 0.435. The van der Waals surface area contributed by atoms with Crippen molar-refractivity contribution in [3.63, 3.8) is 0 Å². The molecule has 6 nitrogen and oxygen atoms in total. The van der Waals surface area contributed by atoms with Crippen LogP contribution < -0.4 is 4.74 Å². The molecule has 2 aromatic heterocycles. The third-order valence-corrected chi connectivity index (χ3v) is 4.98. The van der Waals surface area contributed by atoms with E-state index in [1.165, 1.54) is 30.5 Å². The molecular formula is C23H13Cl2FN4O2. The maximum atomic E-state index is 15.4. The van der Waals surface area contributed by atoms with Crippen molar-refractivity contribution in [2.45, 2.75) is 6.42 Å². The van der Waals surface area contributed by atoms with Gasteiger partial charge in [0, 0.05) is 28.5 Å². The quantitative estimate of drug-likeness (QED) is 0.323. The van der Waals surface area contributed by atoms with Crippen molar-refractivity contribution in [3.05, 3.63) is 93.8 Å². The Morgan fingerprint density at radius 1 is 1.19 bits per heavy atom. The Bertz CT molecular complexity index is 1360. The number of pyridine rings is 1. The van der Waals surface area contributed by atoms with Crippen molar-refractivity contribution in [2.75, 3.05) is 0 Å². The molecule has 0 aliphatic rings. The summed E-state index contributed by atoms with van der Waals surface area (Å²) in [5, 5.41) is 17.7.